The molecule has 7 nitrogen and oxygen atoms in total. The number of aliphatic imine (C=N–C) groups is 2. The molecule has 0 fully saturated rings. The molecule has 2 aromatic carbocycles. The number of carbonyl (C=O) groups excluding carboxylic acids is 1. The van der Waals surface area contributed by atoms with Crippen LogP contribution in [0.4, 0.5) is 0 Å². The molecule has 0 saturated carbocycles. The van der Waals surface area contributed by atoms with Gasteiger partial charge >= 0.3 is 5.97 Å². The normalized spacial score (nSPS) is 12.9. The van der Waals surface area contributed by atoms with E-state index < -0.39 is 12.0 Å². The van der Waals surface area contributed by atoms with Crippen LogP contribution in [0.5, 0.6) is 5.75 Å². The standard InChI is InChI=1S/C36H45N3O4S/c1-7-8-9-10-11-22-43-29-18-16-27(17-19-29)25(2)24-38-33(37-6)28-14-12-26(13-15-28)23-30(35(41)42)39-34(40)31-20-21-32(44-31)36(3,4)5/h12-21,24,30H,6-11,22-23H2,1-5H3,(H,39,40)(H,41,42)/b25-24+,38-33-/t30-/m0/s1. The zero-order chi connectivity index (χ0) is 32.1. The fourth-order valence-electron chi connectivity index (χ4n) is 4.47. The number of hydrogen-bond donors (Lipinski definition) is 2. The highest BCUT2D eigenvalue weighted by atomic mass is 32.1. The van der Waals surface area contributed by atoms with Gasteiger partial charge in [-0.05, 0) is 66.4 Å². The van der Waals surface area contributed by atoms with Crippen molar-refractivity contribution in [3.05, 3.63) is 93.3 Å². The minimum Gasteiger partial charge on any atom is -0.494 e. The maximum atomic E-state index is 12.8. The van der Waals surface area contributed by atoms with Gasteiger partial charge in [0, 0.05) is 23.1 Å². The Bertz CT molecular complexity index is 1450. The van der Waals surface area contributed by atoms with Crippen LogP contribution in [0.3, 0.4) is 0 Å². The van der Waals surface area contributed by atoms with Crippen LogP contribution >= 0.6 is 11.3 Å². The van der Waals surface area contributed by atoms with Crippen LogP contribution in [-0.4, -0.2) is 42.2 Å². The largest absolute Gasteiger partial charge is 0.494 e. The van der Waals surface area contributed by atoms with E-state index in [9.17, 15) is 14.7 Å². The van der Waals surface area contributed by atoms with Gasteiger partial charge in [-0.25, -0.2) is 14.8 Å². The molecule has 3 rings (SSSR count). The number of aliphatic carboxylic acids is 1. The molecular weight excluding hydrogens is 570 g/mol. The molecule has 1 amide bonds. The maximum absolute atomic E-state index is 12.8. The summed E-state index contributed by atoms with van der Waals surface area (Å²) in [6.45, 7) is 14.8. The highest BCUT2D eigenvalue weighted by molar-refractivity contribution is 7.14. The minimum atomic E-state index is -1.09. The van der Waals surface area contributed by atoms with Crippen molar-refractivity contribution < 1.29 is 19.4 Å². The van der Waals surface area contributed by atoms with E-state index in [1.165, 1.54) is 37.0 Å². The lowest BCUT2D eigenvalue weighted by molar-refractivity contribution is -0.139. The van der Waals surface area contributed by atoms with Crippen molar-refractivity contribution in [2.45, 2.75) is 84.6 Å². The van der Waals surface area contributed by atoms with E-state index in [-0.39, 0.29) is 17.7 Å². The summed E-state index contributed by atoms with van der Waals surface area (Å²) in [5, 5.41) is 12.5. The lowest BCUT2D eigenvalue weighted by Crippen LogP contribution is -2.42. The molecule has 0 unspecified atom stereocenters. The second-order valence-corrected chi connectivity index (χ2v) is 13.0. The Labute approximate surface area is 265 Å². The Morgan fingerprint density at radius 2 is 1.64 bits per heavy atom. The van der Waals surface area contributed by atoms with Crippen molar-refractivity contribution in [3.8, 4) is 5.75 Å². The SMILES string of the molecule is C=N/C(=N\C=C(/C)c1ccc(OCCCCCCC)cc1)c1ccc(C[C@H](NC(=O)c2ccc(C(C)(C)C)s2)C(=O)O)cc1. The number of benzene rings is 2. The number of amidine groups is 1. The lowest BCUT2D eigenvalue weighted by Gasteiger charge is -2.16. The van der Waals surface area contributed by atoms with Gasteiger partial charge in [-0.2, -0.15) is 0 Å². The molecule has 1 atom stereocenters. The highest BCUT2D eigenvalue weighted by Crippen LogP contribution is 2.29. The summed E-state index contributed by atoms with van der Waals surface area (Å²) >= 11 is 1.38. The third-order valence-corrected chi connectivity index (χ3v) is 8.69. The first kappa shape index (κ1) is 34.5. The molecule has 1 aromatic heterocycles. The fraction of sp³-hybridized carbons (Fsp3) is 0.389. The number of nitrogens with one attached hydrogen (secondary N) is 1. The number of ether oxygens (including phenoxy) is 1. The van der Waals surface area contributed by atoms with E-state index in [0.717, 1.165) is 45.9 Å². The number of hydrogen-bond acceptors (Lipinski definition) is 5. The molecule has 234 valence electrons. The summed E-state index contributed by atoms with van der Waals surface area (Å²) in [5.74, 6) is -0.163. The molecule has 2 N–H and O–H groups in total. The Morgan fingerprint density at radius 3 is 2.23 bits per heavy atom. The predicted octanol–water partition coefficient (Wildman–Crippen LogP) is 8.33. The number of carbonyl (C=O) groups is 2. The van der Waals surface area contributed by atoms with Crippen molar-refractivity contribution in [3.63, 3.8) is 0 Å². The molecule has 1 heterocycles. The monoisotopic (exact) mass is 615 g/mol. The van der Waals surface area contributed by atoms with E-state index >= 15 is 0 Å². The Balaban J connectivity index is 1.60. The van der Waals surface area contributed by atoms with E-state index in [4.69, 9.17) is 4.74 Å². The van der Waals surface area contributed by atoms with Crippen LogP contribution in [0.2, 0.25) is 0 Å². The predicted molar refractivity (Wildman–Crippen MR) is 182 cm³/mol. The smallest absolute Gasteiger partial charge is 0.326 e. The number of nitrogens with zero attached hydrogens (tertiary/aromatic N) is 2. The summed E-state index contributed by atoms with van der Waals surface area (Å²) in [4.78, 5) is 35.0. The summed E-state index contributed by atoms with van der Waals surface area (Å²) in [5.41, 5.74) is 3.43. The molecule has 0 aliphatic carbocycles. The zero-order valence-corrected chi connectivity index (χ0v) is 27.4. The van der Waals surface area contributed by atoms with Crippen LogP contribution in [0, 0.1) is 0 Å². The number of allylic oxidation sites excluding steroid dienone is 1. The molecule has 3 aromatic rings. The van der Waals surface area contributed by atoms with Gasteiger partial charge in [0.2, 0.25) is 0 Å². The quantitative estimate of drug-likeness (QED) is 0.102. The number of rotatable bonds is 15. The van der Waals surface area contributed by atoms with Crippen molar-refractivity contribution in [1.29, 1.82) is 0 Å². The second kappa shape index (κ2) is 16.7. The summed E-state index contributed by atoms with van der Waals surface area (Å²) in [7, 11) is 0. The molecule has 0 aliphatic rings. The van der Waals surface area contributed by atoms with Crippen LogP contribution in [-0.2, 0) is 16.6 Å². The Morgan fingerprint density at radius 1 is 0.977 bits per heavy atom. The van der Waals surface area contributed by atoms with Crippen LogP contribution in [0.15, 0.2) is 76.8 Å². The Hall–Kier alpha value is -4.04. The fourth-order valence-corrected chi connectivity index (χ4v) is 5.43. The van der Waals surface area contributed by atoms with Gasteiger partial charge in [0.25, 0.3) is 5.91 Å². The first-order valence-electron chi connectivity index (χ1n) is 15.2. The van der Waals surface area contributed by atoms with Crippen molar-refractivity contribution in [2.75, 3.05) is 6.61 Å². The van der Waals surface area contributed by atoms with Crippen molar-refractivity contribution in [2.24, 2.45) is 9.98 Å². The van der Waals surface area contributed by atoms with Crippen LogP contribution in [0.1, 0.15) is 98.0 Å². The molecule has 0 saturated heterocycles. The van der Waals surface area contributed by atoms with E-state index in [1.54, 1.807) is 12.3 Å². The summed E-state index contributed by atoms with van der Waals surface area (Å²) < 4.78 is 5.87. The third-order valence-electron chi connectivity index (χ3n) is 7.18. The summed E-state index contributed by atoms with van der Waals surface area (Å²) in [6.07, 6.45) is 7.94. The van der Waals surface area contributed by atoms with Crippen LogP contribution in [0.25, 0.3) is 5.57 Å². The second-order valence-electron chi connectivity index (χ2n) is 11.9. The zero-order valence-electron chi connectivity index (χ0n) is 26.6. The molecule has 0 spiro atoms. The first-order valence-corrected chi connectivity index (χ1v) is 16.0. The van der Waals surface area contributed by atoms with Gasteiger partial charge in [0.05, 0.1) is 11.5 Å². The van der Waals surface area contributed by atoms with Gasteiger partial charge in [-0.1, -0.05) is 89.8 Å². The number of unbranched alkanes of at least 4 members (excludes halogenated alkanes) is 4. The average Bonchev–Trinajstić information content (AvgIpc) is 3.51. The van der Waals surface area contributed by atoms with Gasteiger partial charge in [0.15, 0.2) is 5.84 Å². The lowest BCUT2D eigenvalue weighted by atomic mass is 9.95. The number of carboxylic acid groups (broad SMARTS) is 1. The minimum absolute atomic E-state index is 0.0815. The summed E-state index contributed by atoms with van der Waals surface area (Å²) in [6, 6.07) is 17.9. The number of amides is 1. The van der Waals surface area contributed by atoms with E-state index in [2.05, 4.69) is 49.7 Å². The van der Waals surface area contributed by atoms with Crippen LogP contribution < -0.4 is 10.1 Å². The van der Waals surface area contributed by atoms with Crippen molar-refractivity contribution in [1.82, 2.24) is 5.32 Å². The van der Waals surface area contributed by atoms with E-state index in [0.29, 0.717) is 10.7 Å². The number of carboxylic acids is 1. The molecule has 0 bridgehead atoms. The maximum Gasteiger partial charge on any atom is 0.326 e. The molecule has 8 heteroatoms. The molecular formula is C36H45N3O4S. The molecule has 0 aliphatic heterocycles. The average molecular weight is 616 g/mol. The highest BCUT2D eigenvalue weighted by Gasteiger charge is 2.24. The van der Waals surface area contributed by atoms with Gasteiger partial charge in [-0.15, -0.1) is 11.3 Å². The first-order chi connectivity index (χ1) is 21.0. The third kappa shape index (κ3) is 10.6. The van der Waals surface area contributed by atoms with E-state index in [1.807, 2.05) is 61.5 Å². The number of thiophene rings is 1. The van der Waals surface area contributed by atoms with Gasteiger partial charge < -0.3 is 15.2 Å². The van der Waals surface area contributed by atoms with Gasteiger partial charge in [-0.3, -0.25) is 4.79 Å². The van der Waals surface area contributed by atoms with Gasteiger partial charge in [0.1, 0.15) is 11.8 Å². The Kier molecular flexibility index (Phi) is 13.1. The molecule has 44 heavy (non-hydrogen) atoms. The topological polar surface area (TPSA) is 100 Å². The molecule has 0 radical (unpaired) electrons. The van der Waals surface area contributed by atoms with Crippen molar-refractivity contribution >= 4 is 41.3 Å².